The van der Waals surface area contributed by atoms with Crippen molar-refractivity contribution < 1.29 is 19.1 Å². The third-order valence-corrected chi connectivity index (χ3v) is 7.29. The average Bonchev–Trinajstić information content (AvgIpc) is 3.11. The van der Waals surface area contributed by atoms with E-state index >= 15 is 0 Å². The van der Waals surface area contributed by atoms with Crippen molar-refractivity contribution in [1.29, 1.82) is 0 Å². The Bertz CT molecular complexity index is 1350. The minimum absolute atomic E-state index is 0.00255. The van der Waals surface area contributed by atoms with Gasteiger partial charge in [-0.2, -0.15) is 0 Å². The molecule has 1 fully saturated rings. The standard InChI is InChI=1S/C27H22Cl2N2O4S/c1-16-5-3-8-23(17(16)2)30-25(32)15-35-19-11-9-18(10-12-19)13-24-26(33)31(27(34)36-24)14-20-21(28)6-4-7-22(20)29/h3-13H,14-15H2,1-2H3,(H,30,32)/b24-13-. The van der Waals surface area contributed by atoms with Crippen LogP contribution in [0.5, 0.6) is 5.75 Å². The van der Waals surface area contributed by atoms with Gasteiger partial charge in [-0.25, -0.2) is 0 Å². The molecular weight excluding hydrogens is 519 g/mol. The molecule has 6 nitrogen and oxygen atoms in total. The molecule has 1 heterocycles. The van der Waals surface area contributed by atoms with E-state index in [-0.39, 0.29) is 19.1 Å². The van der Waals surface area contributed by atoms with Crippen LogP contribution < -0.4 is 10.1 Å². The lowest BCUT2D eigenvalue weighted by atomic mass is 10.1. The van der Waals surface area contributed by atoms with E-state index in [1.807, 2.05) is 32.0 Å². The number of imide groups is 1. The van der Waals surface area contributed by atoms with Gasteiger partial charge in [0.2, 0.25) is 0 Å². The van der Waals surface area contributed by atoms with Crippen LogP contribution in [0.2, 0.25) is 10.0 Å². The summed E-state index contributed by atoms with van der Waals surface area (Å²) in [4.78, 5) is 39.0. The third kappa shape index (κ3) is 5.93. The molecule has 1 aliphatic rings. The van der Waals surface area contributed by atoms with Crippen molar-refractivity contribution in [3.63, 3.8) is 0 Å². The number of halogens is 2. The van der Waals surface area contributed by atoms with Crippen LogP contribution in [0.25, 0.3) is 6.08 Å². The second-order valence-electron chi connectivity index (χ2n) is 8.12. The molecule has 0 aromatic heterocycles. The minimum Gasteiger partial charge on any atom is -0.484 e. The van der Waals surface area contributed by atoms with E-state index in [0.717, 1.165) is 33.5 Å². The number of amides is 3. The van der Waals surface area contributed by atoms with E-state index in [1.54, 1.807) is 48.5 Å². The molecule has 36 heavy (non-hydrogen) atoms. The number of anilines is 1. The number of benzene rings is 3. The van der Waals surface area contributed by atoms with Crippen LogP contribution in [0.1, 0.15) is 22.3 Å². The Hall–Kier alpha value is -3.26. The molecule has 1 saturated heterocycles. The van der Waals surface area contributed by atoms with Gasteiger partial charge >= 0.3 is 0 Å². The van der Waals surface area contributed by atoms with E-state index in [4.69, 9.17) is 27.9 Å². The Morgan fingerprint density at radius 1 is 1.00 bits per heavy atom. The highest BCUT2D eigenvalue weighted by Gasteiger charge is 2.35. The summed E-state index contributed by atoms with van der Waals surface area (Å²) in [6.45, 7) is 3.79. The Morgan fingerprint density at radius 2 is 1.67 bits per heavy atom. The van der Waals surface area contributed by atoms with Crippen LogP contribution in [0.15, 0.2) is 65.6 Å². The van der Waals surface area contributed by atoms with Crippen molar-refractivity contribution in [2.24, 2.45) is 0 Å². The molecule has 1 N–H and O–H groups in total. The second-order valence-corrected chi connectivity index (χ2v) is 9.93. The summed E-state index contributed by atoms with van der Waals surface area (Å²) in [5, 5.41) is 3.24. The molecule has 184 valence electrons. The van der Waals surface area contributed by atoms with Crippen LogP contribution in [-0.2, 0) is 16.1 Å². The number of hydrogen-bond donors (Lipinski definition) is 1. The maximum absolute atomic E-state index is 12.8. The zero-order chi connectivity index (χ0) is 25.8. The fourth-order valence-electron chi connectivity index (χ4n) is 3.51. The van der Waals surface area contributed by atoms with Crippen molar-refractivity contribution in [1.82, 2.24) is 4.90 Å². The predicted molar refractivity (Wildman–Crippen MR) is 144 cm³/mol. The maximum atomic E-state index is 12.8. The fourth-order valence-corrected chi connectivity index (χ4v) is 4.87. The first-order chi connectivity index (χ1) is 17.2. The molecule has 3 aromatic rings. The van der Waals surface area contributed by atoms with Gasteiger partial charge in [0.25, 0.3) is 17.1 Å². The summed E-state index contributed by atoms with van der Waals surface area (Å²) in [6.07, 6.45) is 1.64. The first-order valence-corrected chi connectivity index (χ1v) is 12.6. The predicted octanol–water partition coefficient (Wildman–Crippen LogP) is 6.86. The highest BCUT2D eigenvalue weighted by atomic mass is 35.5. The molecule has 4 rings (SSSR count). The van der Waals surface area contributed by atoms with E-state index in [9.17, 15) is 14.4 Å². The molecule has 0 aliphatic carbocycles. The first-order valence-electron chi connectivity index (χ1n) is 11.0. The van der Waals surface area contributed by atoms with Crippen molar-refractivity contribution >= 4 is 63.8 Å². The van der Waals surface area contributed by atoms with Crippen LogP contribution >= 0.6 is 35.0 Å². The summed E-state index contributed by atoms with van der Waals surface area (Å²) in [5.41, 5.74) is 4.09. The monoisotopic (exact) mass is 540 g/mol. The number of carbonyl (C=O) groups excluding carboxylic acids is 3. The van der Waals surface area contributed by atoms with Gasteiger partial charge in [0.15, 0.2) is 6.61 Å². The molecular formula is C27H22Cl2N2O4S. The number of hydrogen-bond acceptors (Lipinski definition) is 5. The summed E-state index contributed by atoms with van der Waals surface area (Å²) in [6, 6.07) is 17.6. The highest BCUT2D eigenvalue weighted by Crippen LogP contribution is 2.35. The molecule has 0 spiro atoms. The molecule has 0 radical (unpaired) electrons. The largest absolute Gasteiger partial charge is 0.484 e. The van der Waals surface area contributed by atoms with Crippen molar-refractivity contribution in [3.05, 3.63) is 97.9 Å². The number of ether oxygens (including phenoxy) is 1. The smallest absolute Gasteiger partial charge is 0.293 e. The van der Waals surface area contributed by atoms with Gasteiger partial charge in [-0.05, 0) is 78.7 Å². The van der Waals surface area contributed by atoms with E-state index in [2.05, 4.69) is 5.32 Å². The second kappa shape index (κ2) is 11.2. The van der Waals surface area contributed by atoms with E-state index in [1.165, 1.54) is 0 Å². The Labute approximate surface area is 223 Å². The van der Waals surface area contributed by atoms with Gasteiger partial charge in [0, 0.05) is 21.3 Å². The molecule has 1 aliphatic heterocycles. The van der Waals surface area contributed by atoms with Crippen LogP contribution in [0.4, 0.5) is 10.5 Å². The maximum Gasteiger partial charge on any atom is 0.293 e. The Balaban J connectivity index is 1.37. The fraction of sp³-hybridized carbons (Fsp3) is 0.148. The topological polar surface area (TPSA) is 75.7 Å². The van der Waals surface area contributed by atoms with Gasteiger partial charge in [-0.3, -0.25) is 19.3 Å². The van der Waals surface area contributed by atoms with Crippen LogP contribution in [0.3, 0.4) is 0 Å². The number of carbonyl (C=O) groups is 3. The first kappa shape index (κ1) is 25.8. The summed E-state index contributed by atoms with van der Waals surface area (Å²) >= 11 is 13.2. The third-order valence-electron chi connectivity index (χ3n) is 5.68. The molecule has 0 unspecified atom stereocenters. The van der Waals surface area contributed by atoms with Gasteiger partial charge in [0.05, 0.1) is 11.4 Å². The molecule has 0 bridgehead atoms. The summed E-state index contributed by atoms with van der Waals surface area (Å²) in [5.74, 6) is -0.172. The number of aryl methyl sites for hydroxylation is 1. The van der Waals surface area contributed by atoms with Crippen LogP contribution in [-0.4, -0.2) is 28.6 Å². The van der Waals surface area contributed by atoms with Crippen LogP contribution in [0, 0.1) is 13.8 Å². The lowest BCUT2D eigenvalue weighted by molar-refractivity contribution is -0.123. The number of rotatable bonds is 7. The Kier molecular flexibility index (Phi) is 8.04. The van der Waals surface area contributed by atoms with Crippen molar-refractivity contribution in [2.75, 3.05) is 11.9 Å². The summed E-state index contributed by atoms with van der Waals surface area (Å²) in [7, 11) is 0. The van der Waals surface area contributed by atoms with Gasteiger partial charge in [0.1, 0.15) is 5.75 Å². The van der Waals surface area contributed by atoms with E-state index in [0.29, 0.717) is 31.8 Å². The van der Waals surface area contributed by atoms with Crippen molar-refractivity contribution in [2.45, 2.75) is 20.4 Å². The molecule has 0 atom stereocenters. The van der Waals surface area contributed by atoms with E-state index < -0.39 is 11.1 Å². The molecule has 3 aromatic carbocycles. The van der Waals surface area contributed by atoms with Gasteiger partial charge < -0.3 is 10.1 Å². The lowest BCUT2D eigenvalue weighted by Gasteiger charge is -2.14. The Morgan fingerprint density at radius 3 is 2.36 bits per heavy atom. The zero-order valence-electron chi connectivity index (χ0n) is 19.5. The summed E-state index contributed by atoms with van der Waals surface area (Å²) < 4.78 is 5.59. The normalized spacial score (nSPS) is 14.4. The number of thioether (sulfide) groups is 1. The van der Waals surface area contributed by atoms with Crippen molar-refractivity contribution in [3.8, 4) is 5.75 Å². The van der Waals surface area contributed by atoms with Gasteiger partial charge in [-0.15, -0.1) is 0 Å². The molecule has 9 heteroatoms. The zero-order valence-corrected chi connectivity index (χ0v) is 21.8. The number of nitrogens with zero attached hydrogens (tertiary/aromatic N) is 1. The van der Waals surface area contributed by atoms with Gasteiger partial charge in [-0.1, -0.05) is 53.5 Å². The average molecular weight is 541 g/mol. The lowest BCUT2D eigenvalue weighted by Crippen LogP contribution is -2.27. The minimum atomic E-state index is -0.413. The number of nitrogens with one attached hydrogen (secondary N) is 1. The molecule has 0 saturated carbocycles. The molecule has 3 amide bonds. The SMILES string of the molecule is Cc1cccc(NC(=O)COc2ccc(/C=C3\SC(=O)N(Cc4c(Cl)cccc4Cl)C3=O)cc2)c1C. The quantitative estimate of drug-likeness (QED) is 0.331. The highest BCUT2D eigenvalue weighted by molar-refractivity contribution is 8.18.